The summed E-state index contributed by atoms with van der Waals surface area (Å²) in [5.41, 5.74) is 0. The Morgan fingerprint density at radius 3 is 2.58 bits per heavy atom. The number of ether oxygens (including phenoxy) is 1. The van der Waals surface area contributed by atoms with Gasteiger partial charge in [-0.15, -0.1) is 11.8 Å². The summed E-state index contributed by atoms with van der Waals surface area (Å²) in [6.07, 6.45) is 1.79. The summed E-state index contributed by atoms with van der Waals surface area (Å²) in [6.45, 7) is 3.91. The number of thioether (sulfide) groups is 1. The SMILES string of the molecule is O=C(CSc1ccccc1)N1CCCC(C(=O)N2CCOCC2)C1. The van der Waals surface area contributed by atoms with Gasteiger partial charge in [-0.25, -0.2) is 0 Å². The molecule has 2 heterocycles. The molecule has 6 heteroatoms. The first kappa shape index (κ1) is 17.3. The standard InChI is InChI=1S/C18H24N2O3S/c21-17(14-24-16-6-2-1-3-7-16)20-8-4-5-15(13-20)18(22)19-9-11-23-12-10-19/h1-3,6-7,15H,4-5,8-14H2. The maximum atomic E-state index is 12.6. The first-order valence-electron chi connectivity index (χ1n) is 8.56. The zero-order chi connectivity index (χ0) is 16.8. The van der Waals surface area contributed by atoms with Crippen LogP contribution >= 0.6 is 11.8 Å². The second-order valence-electron chi connectivity index (χ2n) is 6.22. The van der Waals surface area contributed by atoms with E-state index in [-0.39, 0.29) is 17.7 Å². The van der Waals surface area contributed by atoms with Crippen LogP contribution in [0.3, 0.4) is 0 Å². The van der Waals surface area contributed by atoms with Gasteiger partial charge in [-0.3, -0.25) is 9.59 Å². The highest BCUT2D eigenvalue weighted by Crippen LogP contribution is 2.22. The quantitative estimate of drug-likeness (QED) is 0.780. The molecule has 24 heavy (non-hydrogen) atoms. The highest BCUT2D eigenvalue weighted by Gasteiger charge is 2.31. The molecule has 0 saturated carbocycles. The lowest BCUT2D eigenvalue weighted by atomic mass is 9.96. The average Bonchev–Trinajstić information content (AvgIpc) is 2.67. The van der Waals surface area contributed by atoms with Crippen molar-refractivity contribution < 1.29 is 14.3 Å². The van der Waals surface area contributed by atoms with E-state index in [0.29, 0.717) is 38.6 Å². The minimum absolute atomic E-state index is 0.0532. The van der Waals surface area contributed by atoms with E-state index in [1.54, 1.807) is 11.8 Å². The van der Waals surface area contributed by atoms with Gasteiger partial charge >= 0.3 is 0 Å². The van der Waals surface area contributed by atoms with E-state index in [2.05, 4.69) is 0 Å². The monoisotopic (exact) mass is 348 g/mol. The number of piperidine rings is 1. The Hall–Kier alpha value is -1.53. The van der Waals surface area contributed by atoms with E-state index in [1.807, 2.05) is 40.1 Å². The third-order valence-corrected chi connectivity index (χ3v) is 5.55. The van der Waals surface area contributed by atoms with Crippen LogP contribution in [0.4, 0.5) is 0 Å². The van der Waals surface area contributed by atoms with E-state index in [4.69, 9.17) is 4.74 Å². The van der Waals surface area contributed by atoms with Gasteiger partial charge in [0.05, 0.1) is 24.9 Å². The summed E-state index contributed by atoms with van der Waals surface area (Å²) >= 11 is 1.56. The predicted molar refractivity (Wildman–Crippen MR) is 93.9 cm³/mol. The molecule has 2 saturated heterocycles. The number of benzene rings is 1. The minimum Gasteiger partial charge on any atom is -0.378 e. The molecule has 5 nitrogen and oxygen atoms in total. The zero-order valence-corrected chi connectivity index (χ0v) is 14.7. The van der Waals surface area contributed by atoms with E-state index < -0.39 is 0 Å². The van der Waals surface area contributed by atoms with Gasteiger partial charge in [0.15, 0.2) is 0 Å². The zero-order valence-electron chi connectivity index (χ0n) is 13.9. The third-order valence-electron chi connectivity index (χ3n) is 4.55. The highest BCUT2D eigenvalue weighted by molar-refractivity contribution is 8.00. The molecular formula is C18H24N2O3S. The molecule has 1 atom stereocenters. The van der Waals surface area contributed by atoms with Crippen molar-refractivity contribution in [3.63, 3.8) is 0 Å². The number of hydrogen-bond acceptors (Lipinski definition) is 4. The van der Waals surface area contributed by atoms with E-state index >= 15 is 0 Å². The average molecular weight is 348 g/mol. The Kier molecular flexibility index (Phi) is 6.15. The summed E-state index contributed by atoms with van der Waals surface area (Å²) in [6, 6.07) is 9.95. The maximum absolute atomic E-state index is 12.6. The fraction of sp³-hybridized carbons (Fsp3) is 0.556. The molecule has 0 aromatic heterocycles. The topological polar surface area (TPSA) is 49.9 Å². The Bertz CT molecular complexity index is 561. The van der Waals surface area contributed by atoms with Crippen LogP contribution in [-0.4, -0.2) is 66.8 Å². The molecule has 1 aromatic rings. The fourth-order valence-electron chi connectivity index (χ4n) is 3.20. The van der Waals surface area contributed by atoms with Crippen molar-refractivity contribution in [2.24, 2.45) is 5.92 Å². The van der Waals surface area contributed by atoms with Crippen molar-refractivity contribution in [1.82, 2.24) is 9.80 Å². The lowest BCUT2D eigenvalue weighted by Gasteiger charge is -2.36. The largest absolute Gasteiger partial charge is 0.378 e. The van der Waals surface area contributed by atoms with Gasteiger partial charge in [-0.05, 0) is 25.0 Å². The number of morpholine rings is 1. The van der Waals surface area contributed by atoms with Crippen LogP contribution in [0.1, 0.15) is 12.8 Å². The molecule has 2 aliphatic heterocycles. The van der Waals surface area contributed by atoms with Gasteiger partial charge in [0.1, 0.15) is 0 Å². The molecule has 0 bridgehead atoms. The Morgan fingerprint density at radius 1 is 1.08 bits per heavy atom. The first-order valence-corrected chi connectivity index (χ1v) is 9.55. The van der Waals surface area contributed by atoms with Crippen LogP contribution in [0.2, 0.25) is 0 Å². The Morgan fingerprint density at radius 2 is 1.83 bits per heavy atom. The number of amides is 2. The van der Waals surface area contributed by atoms with Crippen LogP contribution in [0.15, 0.2) is 35.2 Å². The van der Waals surface area contributed by atoms with Gasteiger partial charge in [0, 0.05) is 31.1 Å². The van der Waals surface area contributed by atoms with Crippen LogP contribution < -0.4 is 0 Å². The van der Waals surface area contributed by atoms with Crippen molar-refractivity contribution in [3.8, 4) is 0 Å². The fourth-order valence-corrected chi connectivity index (χ4v) is 4.02. The van der Waals surface area contributed by atoms with Gasteiger partial charge in [-0.1, -0.05) is 18.2 Å². The maximum Gasteiger partial charge on any atom is 0.232 e. The summed E-state index contributed by atoms with van der Waals surface area (Å²) < 4.78 is 5.31. The Labute approximate surface area is 147 Å². The van der Waals surface area contributed by atoms with Crippen molar-refractivity contribution in [1.29, 1.82) is 0 Å². The van der Waals surface area contributed by atoms with Gasteiger partial charge in [0.25, 0.3) is 0 Å². The van der Waals surface area contributed by atoms with Crippen LogP contribution in [0.5, 0.6) is 0 Å². The second kappa shape index (κ2) is 8.53. The molecule has 1 unspecified atom stereocenters. The van der Waals surface area contributed by atoms with Crippen molar-refractivity contribution in [2.75, 3.05) is 45.1 Å². The smallest absolute Gasteiger partial charge is 0.232 e. The van der Waals surface area contributed by atoms with Crippen molar-refractivity contribution in [2.45, 2.75) is 17.7 Å². The first-order chi connectivity index (χ1) is 11.7. The molecule has 0 aliphatic carbocycles. The third kappa shape index (κ3) is 4.51. The molecule has 0 N–H and O–H groups in total. The normalized spacial score (nSPS) is 21.6. The summed E-state index contributed by atoms with van der Waals surface area (Å²) in [4.78, 5) is 30.0. The number of nitrogens with zero attached hydrogens (tertiary/aromatic N) is 2. The molecular weight excluding hydrogens is 324 g/mol. The molecule has 2 aliphatic rings. The highest BCUT2D eigenvalue weighted by atomic mass is 32.2. The summed E-state index contributed by atoms with van der Waals surface area (Å²) in [5.74, 6) is 0.694. The summed E-state index contributed by atoms with van der Waals surface area (Å²) in [7, 11) is 0. The van der Waals surface area contributed by atoms with Crippen LogP contribution in [0, 0.1) is 5.92 Å². The second-order valence-corrected chi connectivity index (χ2v) is 7.27. The molecule has 0 spiro atoms. The number of hydrogen-bond donors (Lipinski definition) is 0. The van der Waals surface area contributed by atoms with Gasteiger partial charge in [0.2, 0.25) is 11.8 Å². The number of carbonyl (C=O) groups excluding carboxylic acids is 2. The van der Waals surface area contributed by atoms with E-state index in [1.165, 1.54) is 0 Å². The number of rotatable bonds is 4. The predicted octanol–water partition coefficient (Wildman–Crippen LogP) is 1.88. The molecule has 1 aromatic carbocycles. The lowest BCUT2D eigenvalue weighted by Crippen LogP contribution is -2.49. The Balaban J connectivity index is 1.50. The van der Waals surface area contributed by atoms with Crippen molar-refractivity contribution in [3.05, 3.63) is 30.3 Å². The van der Waals surface area contributed by atoms with Crippen molar-refractivity contribution >= 4 is 23.6 Å². The van der Waals surface area contributed by atoms with E-state index in [9.17, 15) is 9.59 Å². The molecule has 130 valence electrons. The molecule has 3 rings (SSSR count). The van der Waals surface area contributed by atoms with Crippen LogP contribution in [0.25, 0.3) is 0 Å². The van der Waals surface area contributed by atoms with Gasteiger partial charge in [-0.2, -0.15) is 0 Å². The number of likely N-dealkylation sites (tertiary alicyclic amines) is 1. The molecule has 2 fully saturated rings. The molecule has 0 radical (unpaired) electrons. The lowest BCUT2D eigenvalue weighted by molar-refractivity contribution is -0.143. The summed E-state index contributed by atoms with van der Waals surface area (Å²) in [5, 5.41) is 0. The number of carbonyl (C=O) groups is 2. The minimum atomic E-state index is -0.0532. The molecule has 2 amide bonds. The van der Waals surface area contributed by atoms with E-state index in [0.717, 1.165) is 24.3 Å². The van der Waals surface area contributed by atoms with Crippen LogP contribution in [-0.2, 0) is 14.3 Å². The van der Waals surface area contributed by atoms with Gasteiger partial charge < -0.3 is 14.5 Å².